The van der Waals surface area contributed by atoms with Gasteiger partial charge in [0.05, 0.1) is 22.8 Å². The Morgan fingerprint density at radius 2 is 2.21 bits per heavy atom. The van der Waals surface area contributed by atoms with Crippen LogP contribution in [0.15, 0.2) is 36.8 Å². The first-order chi connectivity index (χ1) is 11.7. The number of hydrogen-bond acceptors (Lipinski definition) is 4. The van der Waals surface area contributed by atoms with Crippen LogP contribution < -0.4 is 0 Å². The van der Waals surface area contributed by atoms with E-state index in [0.29, 0.717) is 5.92 Å². The predicted octanol–water partition coefficient (Wildman–Crippen LogP) is 3.60. The van der Waals surface area contributed by atoms with Crippen molar-refractivity contribution >= 4 is 11.0 Å². The van der Waals surface area contributed by atoms with Gasteiger partial charge >= 0.3 is 0 Å². The van der Waals surface area contributed by atoms with Gasteiger partial charge in [0.1, 0.15) is 5.82 Å². The van der Waals surface area contributed by atoms with Gasteiger partial charge in [-0.3, -0.25) is 14.9 Å². The molecule has 1 fully saturated rings. The van der Waals surface area contributed by atoms with E-state index >= 15 is 0 Å². The number of benzene rings is 1. The van der Waals surface area contributed by atoms with Crippen molar-refractivity contribution < 1.29 is 0 Å². The number of piperidine rings is 1. The number of aryl methyl sites for hydroxylation is 1. The molecule has 0 radical (unpaired) electrons. The molecule has 1 saturated heterocycles. The van der Waals surface area contributed by atoms with Crippen LogP contribution in [0.25, 0.3) is 11.0 Å². The summed E-state index contributed by atoms with van der Waals surface area (Å²) in [5.74, 6) is 1.57. The highest BCUT2D eigenvalue weighted by Crippen LogP contribution is 2.31. The van der Waals surface area contributed by atoms with Crippen LogP contribution in [0.4, 0.5) is 0 Å². The van der Waals surface area contributed by atoms with Gasteiger partial charge in [0, 0.05) is 31.1 Å². The van der Waals surface area contributed by atoms with E-state index in [1.54, 1.807) is 12.4 Å². The Morgan fingerprint density at radius 3 is 3.04 bits per heavy atom. The summed E-state index contributed by atoms with van der Waals surface area (Å²) in [5.41, 5.74) is 4.51. The minimum Gasteiger partial charge on any atom is -0.342 e. The van der Waals surface area contributed by atoms with Crippen molar-refractivity contribution in [3.8, 4) is 0 Å². The Bertz CT molecular complexity index is 826. The monoisotopic (exact) mass is 321 g/mol. The zero-order valence-electron chi connectivity index (χ0n) is 14.2. The second kappa shape index (κ2) is 6.32. The maximum absolute atomic E-state index is 4.83. The number of hydrogen-bond donors (Lipinski definition) is 1. The minimum atomic E-state index is 0.285. The quantitative estimate of drug-likeness (QED) is 0.801. The summed E-state index contributed by atoms with van der Waals surface area (Å²) in [6.45, 7) is 6.45. The molecule has 0 spiro atoms. The molecular formula is C19H23N5. The number of rotatable bonds is 3. The molecule has 2 atom stereocenters. The van der Waals surface area contributed by atoms with Gasteiger partial charge in [-0.1, -0.05) is 6.07 Å². The van der Waals surface area contributed by atoms with E-state index in [0.717, 1.165) is 35.6 Å². The first-order valence-corrected chi connectivity index (χ1v) is 8.67. The molecule has 1 aromatic carbocycles. The summed E-state index contributed by atoms with van der Waals surface area (Å²) >= 11 is 0. The number of imidazole rings is 1. The van der Waals surface area contributed by atoms with E-state index in [-0.39, 0.29) is 6.04 Å². The van der Waals surface area contributed by atoms with Crippen molar-refractivity contribution in [3.05, 3.63) is 53.9 Å². The SMILES string of the molecule is Cc1ccc2nc([C@H]3CCCN([C@H](C)c4cnccn4)C3)[nH]c2c1. The fourth-order valence-electron chi connectivity index (χ4n) is 3.63. The summed E-state index contributed by atoms with van der Waals surface area (Å²) in [4.78, 5) is 19.5. The van der Waals surface area contributed by atoms with Gasteiger partial charge in [0.2, 0.25) is 0 Å². The fraction of sp³-hybridized carbons (Fsp3) is 0.421. The van der Waals surface area contributed by atoms with E-state index < -0.39 is 0 Å². The molecule has 0 unspecified atom stereocenters. The number of aromatic nitrogens is 4. The zero-order valence-corrected chi connectivity index (χ0v) is 14.2. The molecule has 0 aliphatic carbocycles. The van der Waals surface area contributed by atoms with Crippen LogP contribution in [0, 0.1) is 6.92 Å². The maximum Gasteiger partial charge on any atom is 0.111 e. The standard InChI is InChI=1S/C19H23N5/c1-13-5-6-16-17(10-13)23-19(22-16)15-4-3-9-24(12-15)14(2)18-11-20-7-8-21-18/h5-8,10-11,14-15H,3-4,9,12H2,1-2H3,(H,22,23)/t14-,15+/m1/s1. The molecule has 3 heterocycles. The minimum absolute atomic E-state index is 0.285. The van der Waals surface area contributed by atoms with Crippen molar-refractivity contribution in [2.24, 2.45) is 0 Å². The molecule has 1 aliphatic rings. The second-order valence-electron chi connectivity index (χ2n) is 6.78. The summed E-state index contributed by atoms with van der Waals surface area (Å²) in [5, 5.41) is 0. The van der Waals surface area contributed by atoms with Gasteiger partial charge in [-0.25, -0.2) is 4.98 Å². The lowest BCUT2D eigenvalue weighted by Crippen LogP contribution is -2.37. The second-order valence-corrected chi connectivity index (χ2v) is 6.78. The van der Waals surface area contributed by atoms with Gasteiger partial charge in [-0.05, 0) is 50.9 Å². The molecule has 24 heavy (non-hydrogen) atoms. The lowest BCUT2D eigenvalue weighted by atomic mass is 9.96. The number of nitrogens with one attached hydrogen (secondary N) is 1. The van der Waals surface area contributed by atoms with Crippen LogP contribution in [-0.2, 0) is 0 Å². The van der Waals surface area contributed by atoms with Crippen LogP contribution in [0.5, 0.6) is 0 Å². The Kier molecular flexibility index (Phi) is 4.02. The molecule has 3 aromatic rings. The van der Waals surface area contributed by atoms with Crippen molar-refractivity contribution in [2.75, 3.05) is 13.1 Å². The molecule has 1 aliphatic heterocycles. The van der Waals surface area contributed by atoms with E-state index in [1.165, 1.54) is 18.4 Å². The molecule has 4 rings (SSSR count). The van der Waals surface area contributed by atoms with Crippen LogP contribution in [0.2, 0.25) is 0 Å². The summed E-state index contributed by atoms with van der Waals surface area (Å²) in [6.07, 6.45) is 7.74. The number of likely N-dealkylation sites (tertiary alicyclic amines) is 1. The molecule has 5 heteroatoms. The molecule has 0 amide bonds. The van der Waals surface area contributed by atoms with Gasteiger partial charge in [0.15, 0.2) is 0 Å². The Balaban J connectivity index is 1.55. The number of aromatic amines is 1. The van der Waals surface area contributed by atoms with E-state index in [2.05, 4.69) is 51.9 Å². The smallest absolute Gasteiger partial charge is 0.111 e. The normalized spacial score (nSPS) is 20.3. The Morgan fingerprint density at radius 1 is 1.29 bits per heavy atom. The highest BCUT2D eigenvalue weighted by atomic mass is 15.2. The van der Waals surface area contributed by atoms with Crippen molar-refractivity contribution in [1.82, 2.24) is 24.8 Å². The molecule has 2 aromatic heterocycles. The Hall–Kier alpha value is -2.27. The highest BCUT2D eigenvalue weighted by Gasteiger charge is 2.27. The highest BCUT2D eigenvalue weighted by molar-refractivity contribution is 5.75. The first kappa shape index (κ1) is 15.3. The molecule has 0 bridgehead atoms. The lowest BCUT2D eigenvalue weighted by molar-refractivity contribution is 0.153. The molecule has 5 nitrogen and oxygen atoms in total. The average Bonchev–Trinajstić information content (AvgIpc) is 3.05. The van der Waals surface area contributed by atoms with E-state index in [4.69, 9.17) is 4.98 Å². The fourth-order valence-corrected chi connectivity index (χ4v) is 3.63. The van der Waals surface area contributed by atoms with Gasteiger partial charge in [-0.2, -0.15) is 0 Å². The lowest BCUT2D eigenvalue weighted by Gasteiger charge is -2.35. The third-order valence-corrected chi connectivity index (χ3v) is 5.05. The molecule has 0 saturated carbocycles. The van der Waals surface area contributed by atoms with Crippen molar-refractivity contribution in [2.45, 2.75) is 38.6 Å². The Labute approximate surface area is 142 Å². The third kappa shape index (κ3) is 2.91. The predicted molar refractivity (Wildman–Crippen MR) is 94.8 cm³/mol. The topological polar surface area (TPSA) is 57.7 Å². The van der Waals surface area contributed by atoms with E-state index in [1.807, 2.05) is 6.20 Å². The van der Waals surface area contributed by atoms with E-state index in [9.17, 15) is 0 Å². The summed E-state index contributed by atoms with van der Waals surface area (Å²) < 4.78 is 0. The number of fused-ring (bicyclic) bond motifs is 1. The van der Waals surface area contributed by atoms with Crippen molar-refractivity contribution in [1.29, 1.82) is 0 Å². The maximum atomic E-state index is 4.83. The van der Waals surface area contributed by atoms with Crippen LogP contribution in [-0.4, -0.2) is 37.9 Å². The van der Waals surface area contributed by atoms with Crippen LogP contribution >= 0.6 is 0 Å². The largest absolute Gasteiger partial charge is 0.342 e. The summed E-state index contributed by atoms with van der Waals surface area (Å²) in [7, 11) is 0. The average molecular weight is 321 g/mol. The molecular weight excluding hydrogens is 298 g/mol. The third-order valence-electron chi connectivity index (χ3n) is 5.05. The van der Waals surface area contributed by atoms with Gasteiger partial charge in [-0.15, -0.1) is 0 Å². The number of nitrogens with zero attached hydrogens (tertiary/aromatic N) is 4. The first-order valence-electron chi connectivity index (χ1n) is 8.67. The molecule has 124 valence electrons. The number of H-pyrrole nitrogens is 1. The van der Waals surface area contributed by atoms with Crippen LogP contribution in [0.3, 0.4) is 0 Å². The van der Waals surface area contributed by atoms with Crippen LogP contribution in [0.1, 0.15) is 48.8 Å². The van der Waals surface area contributed by atoms with Crippen molar-refractivity contribution in [3.63, 3.8) is 0 Å². The summed E-state index contributed by atoms with van der Waals surface area (Å²) in [6, 6.07) is 6.69. The van der Waals surface area contributed by atoms with Gasteiger partial charge < -0.3 is 4.98 Å². The van der Waals surface area contributed by atoms with Gasteiger partial charge in [0.25, 0.3) is 0 Å². The molecule has 1 N–H and O–H groups in total. The zero-order chi connectivity index (χ0) is 16.5.